The van der Waals surface area contributed by atoms with Crippen molar-refractivity contribution in [2.75, 3.05) is 6.61 Å². The fourth-order valence-corrected chi connectivity index (χ4v) is 4.22. The molecule has 1 saturated heterocycles. The molecule has 4 rings (SSSR count). The topological polar surface area (TPSA) is 80.0 Å². The number of hydrogen-bond acceptors (Lipinski definition) is 6. The predicted molar refractivity (Wildman–Crippen MR) is 113 cm³/mol. The first-order chi connectivity index (χ1) is 14.6. The predicted octanol–water partition coefficient (Wildman–Crippen LogP) is 4.53. The van der Waals surface area contributed by atoms with E-state index in [-0.39, 0.29) is 17.9 Å². The van der Waals surface area contributed by atoms with Crippen LogP contribution in [0.4, 0.5) is 0 Å². The van der Waals surface area contributed by atoms with Gasteiger partial charge in [0.1, 0.15) is 29.9 Å². The molecular formula is C23H19NO5S. The maximum atomic E-state index is 12.9. The molecule has 0 bridgehead atoms. The lowest BCUT2D eigenvalue weighted by Crippen LogP contribution is -2.28. The van der Waals surface area contributed by atoms with E-state index >= 15 is 0 Å². The Hall–Kier alpha value is -3.58. The van der Waals surface area contributed by atoms with E-state index in [1.54, 1.807) is 42.5 Å². The van der Waals surface area contributed by atoms with Crippen LogP contribution in [0.15, 0.2) is 82.8 Å². The van der Waals surface area contributed by atoms with Crippen LogP contribution in [0.1, 0.15) is 22.2 Å². The zero-order chi connectivity index (χ0) is 21.1. The van der Waals surface area contributed by atoms with E-state index < -0.39 is 17.7 Å². The van der Waals surface area contributed by atoms with Crippen LogP contribution in [0.3, 0.4) is 0 Å². The molecule has 0 unspecified atom stereocenters. The highest BCUT2D eigenvalue weighted by molar-refractivity contribution is 7.10. The third-order valence-corrected chi connectivity index (χ3v) is 5.68. The van der Waals surface area contributed by atoms with Gasteiger partial charge in [-0.15, -0.1) is 11.3 Å². The molecule has 1 aromatic carbocycles. The number of Topliss-reactive ketones (excluding diaryl/α,β-unsaturated/α-hetero) is 1. The molecule has 7 heteroatoms. The minimum atomic E-state index is -0.718. The molecule has 6 nitrogen and oxygen atoms in total. The first kappa shape index (κ1) is 19.7. The van der Waals surface area contributed by atoms with Crippen LogP contribution in [0.5, 0.6) is 5.75 Å². The lowest BCUT2D eigenvalue weighted by Gasteiger charge is -2.23. The quantitative estimate of drug-likeness (QED) is 0.262. The van der Waals surface area contributed by atoms with Crippen molar-refractivity contribution in [1.82, 2.24) is 4.90 Å². The van der Waals surface area contributed by atoms with Crippen molar-refractivity contribution in [3.8, 4) is 5.75 Å². The molecule has 3 heterocycles. The Morgan fingerprint density at radius 2 is 2.00 bits per heavy atom. The van der Waals surface area contributed by atoms with Gasteiger partial charge < -0.3 is 19.2 Å². The molecule has 152 valence electrons. The van der Waals surface area contributed by atoms with Gasteiger partial charge in [0, 0.05) is 10.4 Å². The van der Waals surface area contributed by atoms with E-state index in [4.69, 9.17) is 9.15 Å². The molecule has 1 aliphatic heterocycles. The molecule has 0 saturated carbocycles. The number of benzene rings is 1. The van der Waals surface area contributed by atoms with E-state index in [0.29, 0.717) is 23.7 Å². The van der Waals surface area contributed by atoms with E-state index in [0.717, 1.165) is 4.88 Å². The summed E-state index contributed by atoms with van der Waals surface area (Å²) in [6.45, 7) is 4.10. The summed E-state index contributed by atoms with van der Waals surface area (Å²) in [5, 5.41) is 12.9. The van der Waals surface area contributed by atoms with Crippen molar-refractivity contribution in [3.63, 3.8) is 0 Å². The van der Waals surface area contributed by atoms with Crippen LogP contribution in [0, 0.1) is 0 Å². The number of aliphatic hydroxyl groups is 1. The van der Waals surface area contributed by atoms with Gasteiger partial charge in [0.05, 0.1) is 18.4 Å². The Morgan fingerprint density at radius 3 is 2.63 bits per heavy atom. The lowest BCUT2D eigenvalue weighted by atomic mass is 10.00. The first-order valence-electron chi connectivity index (χ1n) is 9.28. The number of rotatable bonds is 7. The summed E-state index contributed by atoms with van der Waals surface area (Å²) in [7, 11) is 0. The minimum Gasteiger partial charge on any atom is -0.507 e. The van der Waals surface area contributed by atoms with Gasteiger partial charge in [0.25, 0.3) is 11.7 Å². The Morgan fingerprint density at radius 1 is 1.20 bits per heavy atom. The van der Waals surface area contributed by atoms with Crippen LogP contribution in [0.2, 0.25) is 0 Å². The number of hydrogen-bond donors (Lipinski definition) is 1. The third kappa shape index (κ3) is 3.67. The monoisotopic (exact) mass is 421 g/mol. The van der Waals surface area contributed by atoms with Crippen LogP contribution < -0.4 is 4.74 Å². The number of likely N-dealkylation sites (tertiary alicyclic amines) is 1. The number of aliphatic hydroxyl groups excluding tert-OH is 1. The highest BCUT2D eigenvalue weighted by atomic mass is 32.1. The summed E-state index contributed by atoms with van der Waals surface area (Å²) >= 11 is 1.42. The van der Waals surface area contributed by atoms with E-state index in [1.165, 1.54) is 22.5 Å². The van der Waals surface area contributed by atoms with Gasteiger partial charge in [-0.3, -0.25) is 9.59 Å². The van der Waals surface area contributed by atoms with Crippen molar-refractivity contribution >= 4 is 28.8 Å². The van der Waals surface area contributed by atoms with Crippen molar-refractivity contribution < 1.29 is 23.8 Å². The molecular weight excluding hydrogens is 402 g/mol. The number of ketones is 1. The second-order valence-electron chi connectivity index (χ2n) is 6.65. The van der Waals surface area contributed by atoms with Crippen molar-refractivity contribution in [1.29, 1.82) is 0 Å². The van der Waals surface area contributed by atoms with E-state index in [2.05, 4.69) is 6.58 Å². The first-order valence-corrected chi connectivity index (χ1v) is 10.2. The van der Waals surface area contributed by atoms with Crippen LogP contribution >= 0.6 is 11.3 Å². The summed E-state index contributed by atoms with van der Waals surface area (Å²) in [4.78, 5) is 27.9. The normalized spacial score (nSPS) is 18.0. The molecule has 30 heavy (non-hydrogen) atoms. The molecule has 3 aromatic rings. The number of nitrogens with zero attached hydrogens (tertiary/aromatic N) is 1. The molecule has 1 N–H and O–H groups in total. The number of carbonyl (C=O) groups is 2. The molecule has 0 aliphatic carbocycles. The zero-order valence-corrected chi connectivity index (χ0v) is 16.8. The summed E-state index contributed by atoms with van der Waals surface area (Å²) in [6, 6.07) is 13.2. The van der Waals surface area contributed by atoms with Crippen molar-refractivity contribution in [3.05, 3.63) is 94.6 Å². The van der Waals surface area contributed by atoms with Crippen LogP contribution in [-0.4, -0.2) is 28.3 Å². The Labute approximate surface area is 177 Å². The SMILES string of the molecule is C=CCOc1ccc(C(O)=C2C(=O)C(=O)N(Cc3ccco3)[C@H]2c2cccs2)cc1. The van der Waals surface area contributed by atoms with Gasteiger partial charge in [0.2, 0.25) is 0 Å². The van der Waals surface area contributed by atoms with Crippen molar-refractivity contribution in [2.24, 2.45) is 0 Å². The largest absolute Gasteiger partial charge is 0.507 e. The Kier molecular flexibility index (Phi) is 5.54. The Bertz CT molecular complexity index is 1080. The second-order valence-corrected chi connectivity index (χ2v) is 7.63. The Balaban J connectivity index is 1.75. The van der Waals surface area contributed by atoms with Gasteiger partial charge in [-0.2, -0.15) is 0 Å². The summed E-state index contributed by atoms with van der Waals surface area (Å²) in [5.41, 5.74) is 0.493. The standard InChI is InChI=1S/C23H19NO5S/c1-2-11-28-16-9-7-15(8-10-16)21(25)19-20(18-6-4-13-30-18)24(23(27)22(19)26)14-17-5-3-12-29-17/h2-10,12-13,20,25H,1,11,14H2/t20-/m0/s1. The summed E-state index contributed by atoms with van der Waals surface area (Å²) in [5.74, 6) is -0.438. The molecule has 1 fully saturated rings. The number of thiophene rings is 1. The molecule has 0 spiro atoms. The minimum absolute atomic E-state index is 0.0637. The maximum Gasteiger partial charge on any atom is 0.296 e. The highest BCUT2D eigenvalue weighted by Gasteiger charge is 2.46. The average Bonchev–Trinajstić information content (AvgIpc) is 3.51. The van der Waals surface area contributed by atoms with Gasteiger partial charge in [-0.1, -0.05) is 18.7 Å². The van der Waals surface area contributed by atoms with Gasteiger partial charge in [0.15, 0.2) is 0 Å². The molecule has 1 aliphatic rings. The van der Waals surface area contributed by atoms with E-state index in [1.807, 2.05) is 17.5 Å². The number of carbonyl (C=O) groups excluding carboxylic acids is 2. The van der Waals surface area contributed by atoms with Crippen LogP contribution in [-0.2, 0) is 16.1 Å². The van der Waals surface area contributed by atoms with E-state index in [9.17, 15) is 14.7 Å². The molecule has 0 radical (unpaired) electrons. The number of ether oxygens (including phenoxy) is 1. The van der Waals surface area contributed by atoms with Gasteiger partial charge in [-0.05, 0) is 47.8 Å². The molecule has 1 atom stereocenters. The smallest absolute Gasteiger partial charge is 0.296 e. The van der Waals surface area contributed by atoms with Gasteiger partial charge in [-0.25, -0.2) is 0 Å². The highest BCUT2D eigenvalue weighted by Crippen LogP contribution is 2.42. The third-order valence-electron chi connectivity index (χ3n) is 4.75. The second kappa shape index (κ2) is 8.42. The van der Waals surface area contributed by atoms with Gasteiger partial charge >= 0.3 is 0 Å². The maximum absolute atomic E-state index is 12.9. The fourth-order valence-electron chi connectivity index (χ4n) is 3.38. The van der Waals surface area contributed by atoms with Crippen molar-refractivity contribution in [2.45, 2.75) is 12.6 Å². The molecule has 1 amide bonds. The van der Waals surface area contributed by atoms with Crippen LogP contribution in [0.25, 0.3) is 5.76 Å². The lowest BCUT2D eigenvalue weighted by molar-refractivity contribution is -0.140. The average molecular weight is 421 g/mol. The number of amides is 1. The summed E-state index contributed by atoms with van der Waals surface area (Å²) in [6.07, 6.45) is 3.15. The molecule has 2 aromatic heterocycles. The fraction of sp³-hybridized carbons (Fsp3) is 0.130. The zero-order valence-electron chi connectivity index (χ0n) is 16.0. The summed E-state index contributed by atoms with van der Waals surface area (Å²) < 4.78 is 10.8. The number of furan rings is 1.